The number of ether oxygens (including phenoxy) is 3. The molecule has 0 radical (unpaired) electrons. The maximum atomic E-state index is 11.4. The summed E-state index contributed by atoms with van der Waals surface area (Å²) in [7, 11) is 0. The zero-order chi connectivity index (χ0) is 26.6. The molecule has 0 unspecified atom stereocenters. The van der Waals surface area contributed by atoms with Crippen LogP contribution in [0.25, 0.3) is 0 Å². The van der Waals surface area contributed by atoms with Gasteiger partial charge >= 0.3 is 0 Å². The van der Waals surface area contributed by atoms with Crippen molar-refractivity contribution < 1.29 is 19.0 Å². The van der Waals surface area contributed by atoms with Crippen LogP contribution < -0.4 is 0 Å². The standard InChI is InChI=1S/C34H44O4/c35-24-10-20-34(21-11-25-36-28-31-14-4-1-5-15-31,22-12-26-37-29-32-16-6-2-7-17-32)23-13-27-38-30-33-18-8-3-9-19-33/h1-9,14-19,24H,10-13,20-23,25-30H2. The molecule has 3 aromatic carbocycles. The predicted molar refractivity (Wildman–Crippen MR) is 154 cm³/mol. The van der Waals surface area contributed by atoms with E-state index in [-0.39, 0.29) is 5.41 Å². The highest BCUT2D eigenvalue weighted by atomic mass is 16.5. The third-order valence-corrected chi connectivity index (χ3v) is 7.11. The molecule has 3 rings (SSSR count). The molecule has 0 saturated heterocycles. The Labute approximate surface area is 229 Å². The van der Waals surface area contributed by atoms with Gasteiger partial charge in [0.15, 0.2) is 0 Å². The lowest BCUT2D eigenvalue weighted by atomic mass is 9.72. The molecule has 0 aromatic heterocycles. The van der Waals surface area contributed by atoms with Gasteiger partial charge in [-0.05, 0) is 67.1 Å². The van der Waals surface area contributed by atoms with E-state index in [9.17, 15) is 4.79 Å². The SMILES string of the molecule is O=CCCC(CCCOCc1ccccc1)(CCCOCc1ccccc1)CCCOCc1ccccc1. The Morgan fingerprint density at radius 2 is 0.842 bits per heavy atom. The van der Waals surface area contributed by atoms with E-state index in [4.69, 9.17) is 14.2 Å². The summed E-state index contributed by atoms with van der Waals surface area (Å²) in [5, 5.41) is 0. The highest BCUT2D eigenvalue weighted by molar-refractivity contribution is 5.49. The molecule has 0 bridgehead atoms. The van der Waals surface area contributed by atoms with Crippen LogP contribution in [0.4, 0.5) is 0 Å². The van der Waals surface area contributed by atoms with Gasteiger partial charge in [0.05, 0.1) is 19.8 Å². The first-order chi connectivity index (χ1) is 18.8. The minimum absolute atomic E-state index is 0.100. The molecule has 0 amide bonds. The summed E-state index contributed by atoms with van der Waals surface area (Å²) in [6, 6.07) is 30.9. The highest BCUT2D eigenvalue weighted by Gasteiger charge is 2.28. The monoisotopic (exact) mass is 516 g/mol. The molecule has 204 valence electrons. The molecule has 0 fully saturated rings. The van der Waals surface area contributed by atoms with Crippen molar-refractivity contribution in [1.29, 1.82) is 0 Å². The van der Waals surface area contributed by atoms with E-state index in [2.05, 4.69) is 36.4 Å². The van der Waals surface area contributed by atoms with Gasteiger partial charge in [0.1, 0.15) is 6.29 Å². The van der Waals surface area contributed by atoms with Gasteiger partial charge in [-0.1, -0.05) is 91.0 Å². The van der Waals surface area contributed by atoms with Crippen LogP contribution in [-0.4, -0.2) is 26.1 Å². The molecule has 4 heteroatoms. The smallest absolute Gasteiger partial charge is 0.120 e. The van der Waals surface area contributed by atoms with Crippen molar-refractivity contribution in [3.05, 3.63) is 108 Å². The molecule has 0 saturated carbocycles. The van der Waals surface area contributed by atoms with Crippen LogP contribution in [0, 0.1) is 5.41 Å². The Hall–Kier alpha value is -2.79. The minimum Gasteiger partial charge on any atom is -0.377 e. The first-order valence-corrected chi connectivity index (χ1v) is 14.1. The Balaban J connectivity index is 1.48. The van der Waals surface area contributed by atoms with Crippen LogP contribution >= 0.6 is 0 Å². The Morgan fingerprint density at radius 1 is 0.500 bits per heavy atom. The molecule has 0 aliphatic heterocycles. The average Bonchev–Trinajstić information content (AvgIpc) is 2.97. The second kappa shape index (κ2) is 18.5. The fraction of sp³-hybridized carbons (Fsp3) is 0.441. The number of carbonyl (C=O) groups excluding carboxylic acids is 1. The van der Waals surface area contributed by atoms with Crippen molar-refractivity contribution in [2.75, 3.05) is 19.8 Å². The Bertz CT molecular complexity index is 855. The fourth-order valence-electron chi connectivity index (χ4n) is 5.06. The largest absolute Gasteiger partial charge is 0.377 e. The third kappa shape index (κ3) is 12.2. The van der Waals surface area contributed by atoms with Gasteiger partial charge < -0.3 is 19.0 Å². The molecule has 0 aliphatic rings. The van der Waals surface area contributed by atoms with E-state index in [1.165, 1.54) is 16.7 Å². The number of benzene rings is 3. The van der Waals surface area contributed by atoms with Crippen LogP contribution in [0.5, 0.6) is 0 Å². The van der Waals surface area contributed by atoms with Crippen LogP contribution in [0.15, 0.2) is 91.0 Å². The summed E-state index contributed by atoms with van der Waals surface area (Å²) in [6.45, 7) is 4.11. The van der Waals surface area contributed by atoms with Gasteiger partial charge in [-0.3, -0.25) is 0 Å². The van der Waals surface area contributed by atoms with E-state index in [0.717, 1.165) is 71.1 Å². The number of aldehydes is 1. The molecule has 0 spiro atoms. The molecule has 4 nitrogen and oxygen atoms in total. The van der Waals surface area contributed by atoms with Crippen molar-refractivity contribution in [3.8, 4) is 0 Å². The zero-order valence-electron chi connectivity index (χ0n) is 22.8. The molecular weight excluding hydrogens is 472 g/mol. The lowest BCUT2D eigenvalue weighted by molar-refractivity contribution is -0.108. The number of carbonyl (C=O) groups is 1. The van der Waals surface area contributed by atoms with Crippen LogP contribution in [0.1, 0.15) is 68.1 Å². The maximum Gasteiger partial charge on any atom is 0.120 e. The normalized spacial score (nSPS) is 11.5. The number of rotatable bonds is 21. The molecule has 3 aromatic rings. The highest BCUT2D eigenvalue weighted by Crippen LogP contribution is 2.39. The fourth-order valence-corrected chi connectivity index (χ4v) is 5.06. The van der Waals surface area contributed by atoms with Gasteiger partial charge in [0, 0.05) is 26.2 Å². The average molecular weight is 517 g/mol. The van der Waals surface area contributed by atoms with E-state index in [1.807, 2.05) is 54.6 Å². The van der Waals surface area contributed by atoms with Crippen molar-refractivity contribution in [3.63, 3.8) is 0 Å². The first-order valence-electron chi connectivity index (χ1n) is 14.1. The van der Waals surface area contributed by atoms with Gasteiger partial charge in [-0.25, -0.2) is 0 Å². The quantitative estimate of drug-likeness (QED) is 0.106. The Kier molecular flexibility index (Phi) is 14.5. The molecule has 0 heterocycles. The maximum absolute atomic E-state index is 11.4. The molecular formula is C34H44O4. The summed E-state index contributed by atoms with van der Waals surface area (Å²) < 4.78 is 18.0. The van der Waals surface area contributed by atoms with Crippen molar-refractivity contribution in [2.24, 2.45) is 5.41 Å². The van der Waals surface area contributed by atoms with Crippen LogP contribution in [0.2, 0.25) is 0 Å². The summed E-state index contributed by atoms with van der Waals surface area (Å²) in [6.07, 6.45) is 8.68. The van der Waals surface area contributed by atoms with E-state index < -0.39 is 0 Å². The van der Waals surface area contributed by atoms with Gasteiger partial charge in [0.2, 0.25) is 0 Å². The predicted octanol–water partition coefficient (Wildman–Crippen LogP) is 7.94. The van der Waals surface area contributed by atoms with Gasteiger partial charge in [0.25, 0.3) is 0 Å². The molecule has 0 aliphatic carbocycles. The van der Waals surface area contributed by atoms with Gasteiger partial charge in [-0.2, -0.15) is 0 Å². The summed E-state index contributed by atoms with van der Waals surface area (Å²) in [5.74, 6) is 0. The van der Waals surface area contributed by atoms with Crippen molar-refractivity contribution in [2.45, 2.75) is 71.2 Å². The van der Waals surface area contributed by atoms with Crippen LogP contribution in [-0.2, 0) is 38.8 Å². The topological polar surface area (TPSA) is 44.8 Å². The van der Waals surface area contributed by atoms with Gasteiger partial charge in [-0.15, -0.1) is 0 Å². The second-order valence-corrected chi connectivity index (χ2v) is 10.1. The second-order valence-electron chi connectivity index (χ2n) is 10.1. The van der Waals surface area contributed by atoms with E-state index in [0.29, 0.717) is 26.2 Å². The Morgan fingerprint density at radius 3 is 1.16 bits per heavy atom. The third-order valence-electron chi connectivity index (χ3n) is 7.11. The molecule has 0 N–H and O–H groups in total. The lowest BCUT2D eigenvalue weighted by Gasteiger charge is -2.34. The summed E-state index contributed by atoms with van der Waals surface area (Å²) in [5.41, 5.74) is 3.70. The number of hydrogen-bond acceptors (Lipinski definition) is 4. The number of hydrogen-bond donors (Lipinski definition) is 0. The molecule has 38 heavy (non-hydrogen) atoms. The van der Waals surface area contributed by atoms with E-state index >= 15 is 0 Å². The lowest BCUT2D eigenvalue weighted by Crippen LogP contribution is -2.23. The molecule has 0 atom stereocenters. The summed E-state index contributed by atoms with van der Waals surface area (Å²) >= 11 is 0. The first kappa shape index (κ1) is 29.8. The van der Waals surface area contributed by atoms with Crippen molar-refractivity contribution >= 4 is 6.29 Å². The minimum atomic E-state index is 0.100. The van der Waals surface area contributed by atoms with Crippen LogP contribution in [0.3, 0.4) is 0 Å². The zero-order valence-corrected chi connectivity index (χ0v) is 22.8. The van der Waals surface area contributed by atoms with Crippen molar-refractivity contribution in [1.82, 2.24) is 0 Å². The summed E-state index contributed by atoms with van der Waals surface area (Å²) in [4.78, 5) is 11.4. The van der Waals surface area contributed by atoms with E-state index in [1.54, 1.807) is 0 Å².